The fraction of sp³-hybridized carbons (Fsp3) is 0.167. The number of aryl methyl sites for hydroxylation is 1. The van der Waals surface area contributed by atoms with E-state index in [-0.39, 0.29) is 17.9 Å². The number of hydrogen-bond donors (Lipinski definition) is 3. The Balaban J connectivity index is 1.92. The van der Waals surface area contributed by atoms with Crippen LogP contribution in [0.25, 0.3) is 0 Å². The Morgan fingerprint density at radius 3 is 2.69 bits per heavy atom. The molecule has 0 heterocycles. The number of nitrogens with one attached hydrogen (secondary N) is 2. The highest BCUT2D eigenvalue weighted by Crippen LogP contribution is 2.32. The number of halogens is 1. The fourth-order valence-corrected chi connectivity index (χ4v) is 2.57. The van der Waals surface area contributed by atoms with Gasteiger partial charge < -0.3 is 15.2 Å². The van der Waals surface area contributed by atoms with E-state index in [4.69, 9.17) is 4.74 Å². The maximum atomic E-state index is 11.9. The number of phenolic OH excluding ortho intramolecular Hbond substituents is 1. The Morgan fingerprint density at radius 2 is 2.00 bits per heavy atom. The van der Waals surface area contributed by atoms with Crippen LogP contribution >= 0.6 is 15.9 Å². The zero-order valence-corrected chi connectivity index (χ0v) is 15.8. The summed E-state index contributed by atoms with van der Waals surface area (Å²) in [6, 6.07) is 10.5. The fourth-order valence-electron chi connectivity index (χ4n) is 2.12. The molecule has 0 radical (unpaired) electrons. The molecule has 8 heteroatoms. The van der Waals surface area contributed by atoms with Crippen molar-refractivity contribution in [3.8, 4) is 11.5 Å². The Morgan fingerprint density at radius 1 is 1.27 bits per heavy atom. The molecular formula is C18H18BrN3O4. The largest absolute Gasteiger partial charge is 0.504 e. The van der Waals surface area contributed by atoms with E-state index < -0.39 is 11.8 Å². The van der Waals surface area contributed by atoms with E-state index in [1.807, 2.05) is 19.1 Å². The van der Waals surface area contributed by atoms with E-state index in [1.165, 1.54) is 13.3 Å². The molecule has 136 valence electrons. The van der Waals surface area contributed by atoms with Crippen molar-refractivity contribution in [2.24, 2.45) is 5.10 Å². The quantitative estimate of drug-likeness (QED) is 0.380. The number of ether oxygens (including phenoxy) is 1. The average Bonchev–Trinajstić information content (AvgIpc) is 2.59. The molecule has 0 aliphatic carbocycles. The van der Waals surface area contributed by atoms with Crippen LogP contribution in [0.5, 0.6) is 11.5 Å². The number of hydrogen-bond acceptors (Lipinski definition) is 5. The SMILES string of the molecule is COc1cc(Br)cc(/C=N/NC(=O)CC(=O)Nc2ccccc2C)c1O. The van der Waals surface area contributed by atoms with Gasteiger partial charge in [-0.2, -0.15) is 5.10 Å². The maximum absolute atomic E-state index is 11.9. The van der Waals surface area contributed by atoms with Gasteiger partial charge >= 0.3 is 0 Å². The third-order valence-corrected chi connectivity index (χ3v) is 3.88. The Bertz CT molecular complexity index is 852. The van der Waals surface area contributed by atoms with Gasteiger partial charge in [-0.05, 0) is 30.7 Å². The first-order chi connectivity index (χ1) is 12.4. The first-order valence-corrected chi connectivity index (χ1v) is 8.44. The van der Waals surface area contributed by atoms with E-state index in [9.17, 15) is 14.7 Å². The monoisotopic (exact) mass is 419 g/mol. The molecule has 26 heavy (non-hydrogen) atoms. The smallest absolute Gasteiger partial charge is 0.249 e. The van der Waals surface area contributed by atoms with Crippen LogP contribution in [-0.4, -0.2) is 30.2 Å². The second-order valence-corrected chi connectivity index (χ2v) is 6.29. The van der Waals surface area contributed by atoms with Gasteiger partial charge in [-0.1, -0.05) is 34.1 Å². The van der Waals surface area contributed by atoms with Crippen molar-refractivity contribution >= 4 is 39.6 Å². The van der Waals surface area contributed by atoms with Crippen molar-refractivity contribution in [2.45, 2.75) is 13.3 Å². The Labute approximate surface area is 159 Å². The third-order valence-electron chi connectivity index (χ3n) is 3.42. The molecule has 0 fully saturated rings. The van der Waals surface area contributed by atoms with Crippen LogP contribution < -0.4 is 15.5 Å². The number of benzene rings is 2. The lowest BCUT2D eigenvalue weighted by Gasteiger charge is -2.08. The normalized spacial score (nSPS) is 10.6. The van der Waals surface area contributed by atoms with Crippen LogP contribution in [0, 0.1) is 6.92 Å². The van der Waals surface area contributed by atoms with E-state index in [0.29, 0.717) is 15.7 Å². The van der Waals surface area contributed by atoms with Crippen molar-refractivity contribution < 1.29 is 19.4 Å². The Kier molecular flexibility index (Phi) is 6.74. The lowest BCUT2D eigenvalue weighted by Crippen LogP contribution is -2.24. The summed E-state index contributed by atoms with van der Waals surface area (Å²) in [4.78, 5) is 23.7. The topological polar surface area (TPSA) is 100 Å². The minimum absolute atomic E-state index is 0.106. The minimum Gasteiger partial charge on any atom is -0.504 e. The van der Waals surface area contributed by atoms with Crippen LogP contribution in [0.15, 0.2) is 46.0 Å². The molecule has 7 nitrogen and oxygen atoms in total. The minimum atomic E-state index is -0.575. The number of carbonyl (C=O) groups is 2. The second kappa shape index (κ2) is 9.00. The summed E-state index contributed by atoms with van der Waals surface area (Å²) in [5, 5.41) is 16.4. The van der Waals surface area contributed by atoms with Gasteiger partial charge in [0.15, 0.2) is 11.5 Å². The van der Waals surface area contributed by atoms with Gasteiger partial charge in [-0.15, -0.1) is 0 Å². The highest BCUT2D eigenvalue weighted by Gasteiger charge is 2.11. The van der Waals surface area contributed by atoms with Gasteiger partial charge in [0.2, 0.25) is 11.8 Å². The lowest BCUT2D eigenvalue weighted by atomic mass is 10.2. The molecule has 3 N–H and O–H groups in total. The van der Waals surface area contributed by atoms with Gasteiger partial charge in [0.05, 0.1) is 13.3 Å². The Hall–Kier alpha value is -2.87. The molecule has 0 saturated carbocycles. The van der Waals surface area contributed by atoms with Crippen LogP contribution in [0.2, 0.25) is 0 Å². The summed E-state index contributed by atoms with van der Waals surface area (Å²) in [5.74, 6) is -0.858. The van der Waals surface area contributed by atoms with Gasteiger partial charge in [0, 0.05) is 15.7 Å². The van der Waals surface area contributed by atoms with Gasteiger partial charge in [0.1, 0.15) is 6.42 Å². The third kappa shape index (κ3) is 5.32. The molecule has 2 amide bonds. The molecular weight excluding hydrogens is 402 g/mol. The zero-order valence-electron chi connectivity index (χ0n) is 14.2. The number of phenols is 1. The van der Waals surface area contributed by atoms with Crippen LogP contribution in [0.1, 0.15) is 17.5 Å². The summed E-state index contributed by atoms with van der Waals surface area (Å²) in [7, 11) is 1.43. The van der Waals surface area contributed by atoms with Crippen LogP contribution in [0.3, 0.4) is 0 Å². The highest BCUT2D eigenvalue weighted by molar-refractivity contribution is 9.10. The number of hydrazone groups is 1. The highest BCUT2D eigenvalue weighted by atomic mass is 79.9. The standard InChI is InChI=1S/C18H18BrN3O4/c1-11-5-3-4-6-14(11)21-16(23)9-17(24)22-20-10-12-7-13(19)8-15(26-2)18(12)25/h3-8,10,25H,9H2,1-2H3,(H,21,23)(H,22,24)/b20-10+. The number of amides is 2. The lowest BCUT2D eigenvalue weighted by molar-refractivity contribution is -0.126. The van der Waals surface area contributed by atoms with Crippen molar-refractivity contribution in [2.75, 3.05) is 12.4 Å². The molecule has 0 saturated heterocycles. The summed E-state index contributed by atoms with van der Waals surface area (Å²) < 4.78 is 5.71. The second-order valence-electron chi connectivity index (χ2n) is 5.38. The number of anilines is 1. The number of methoxy groups -OCH3 is 1. The summed E-state index contributed by atoms with van der Waals surface area (Å²) in [5.41, 5.74) is 4.15. The number of carbonyl (C=O) groups excluding carboxylic acids is 2. The van der Waals surface area contributed by atoms with Crippen molar-refractivity contribution in [3.05, 3.63) is 52.0 Å². The molecule has 0 unspecified atom stereocenters. The average molecular weight is 420 g/mol. The maximum Gasteiger partial charge on any atom is 0.249 e. The van der Waals surface area contributed by atoms with Gasteiger partial charge in [0.25, 0.3) is 0 Å². The molecule has 0 aromatic heterocycles. The molecule has 2 aromatic carbocycles. The van der Waals surface area contributed by atoms with Crippen LogP contribution in [-0.2, 0) is 9.59 Å². The summed E-state index contributed by atoms with van der Waals surface area (Å²) >= 11 is 3.29. The predicted molar refractivity (Wildman–Crippen MR) is 103 cm³/mol. The van der Waals surface area contributed by atoms with E-state index in [1.54, 1.807) is 24.3 Å². The van der Waals surface area contributed by atoms with Crippen molar-refractivity contribution in [1.29, 1.82) is 0 Å². The number of rotatable bonds is 6. The molecule has 2 rings (SSSR count). The zero-order chi connectivity index (χ0) is 19.1. The van der Waals surface area contributed by atoms with E-state index in [0.717, 1.165) is 5.56 Å². The number of aromatic hydroxyl groups is 1. The first-order valence-electron chi connectivity index (χ1n) is 7.64. The van der Waals surface area contributed by atoms with E-state index >= 15 is 0 Å². The summed E-state index contributed by atoms with van der Waals surface area (Å²) in [6.07, 6.45) is 0.888. The van der Waals surface area contributed by atoms with Gasteiger partial charge in [-0.3, -0.25) is 9.59 Å². The molecule has 0 spiro atoms. The van der Waals surface area contributed by atoms with Crippen molar-refractivity contribution in [3.63, 3.8) is 0 Å². The van der Waals surface area contributed by atoms with Crippen molar-refractivity contribution in [1.82, 2.24) is 5.43 Å². The summed E-state index contributed by atoms with van der Waals surface area (Å²) in [6.45, 7) is 1.86. The molecule has 2 aromatic rings. The number of nitrogens with zero attached hydrogens (tertiary/aromatic N) is 1. The van der Waals surface area contributed by atoms with Gasteiger partial charge in [-0.25, -0.2) is 5.43 Å². The van der Waals surface area contributed by atoms with Crippen LogP contribution in [0.4, 0.5) is 5.69 Å². The first kappa shape index (κ1) is 19.5. The van der Waals surface area contributed by atoms with E-state index in [2.05, 4.69) is 31.8 Å². The number of para-hydroxylation sites is 1. The molecule has 0 atom stereocenters. The molecule has 0 aliphatic heterocycles. The predicted octanol–water partition coefficient (Wildman–Crippen LogP) is 2.95. The molecule has 0 bridgehead atoms. The molecule has 0 aliphatic rings.